The number of carboxylic acids is 1. The molecule has 1 heterocycles. The van der Waals surface area contributed by atoms with Gasteiger partial charge in [0.2, 0.25) is 0 Å². The van der Waals surface area contributed by atoms with Gasteiger partial charge in [0.15, 0.2) is 0 Å². The van der Waals surface area contributed by atoms with E-state index < -0.39 is 12.0 Å². The molecule has 0 aromatic carbocycles. The number of rotatable bonds is 5. The molecule has 3 N–H and O–H groups in total. The Bertz CT molecular complexity index is 402. The zero-order valence-corrected chi connectivity index (χ0v) is 9.80. The van der Waals surface area contributed by atoms with Crippen LogP contribution in [0.1, 0.15) is 18.9 Å². The molecule has 1 unspecified atom stereocenters. The molecule has 0 saturated heterocycles. The predicted molar refractivity (Wildman–Crippen MR) is 60.3 cm³/mol. The molecule has 0 aliphatic heterocycles. The monoisotopic (exact) mass is 240 g/mol. The second kappa shape index (κ2) is 5.88. The zero-order valence-electron chi connectivity index (χ0n) is 9.80. The van der Waals surface area contributed by atoms with Gasteiger partial charge < -0.3 is 15.7 Å². The van der Waals surface area contributed by atoms with Gasteiger partial charge in [-0.2, -0.15) is 5.10 Å². The highest BCUT2D eigenvalue weighted by molar-refractivity contribution is 5.75. The Labute approximate surface area is 98.8 Å². The van der Waals surface area contributed by atoms with Crippen molar-refractivity contribution < 1.29 is 14.7 Å². The third kappa shape index (κ3) is 5.01. The van der Waals surface area contributed by atoms with E-state index in [1.54, 1.807) is 31.0 Å². The maximum Gasteiger partial charge on any atom is 0.315 e. The number of aromatic nitrogens is 2. The molecule has 1 aromatic heterocycles. The molecule has 2 amide bonds. The van der Waals surface area contributed by atoms with Gasteiger partial charge in [-0.1, -0.05) is 0 Å². The lowest BCUT2D eigenvalue weighted by Crippen LogP contribution is -2.41. The molecule has 0 aliphatic carbocycles. The number of carbonyl (C=O) groups is 2. The van der Waals surface area contributed by atoms with Gasteiger partial charge in [-0.15, -0.1) is 0 Å². The maximum absolute atomic E-state index is 11.4. The molecule has 0 fully saturated rings. The summed E-state index contributed by atoms with van der Waals surface area (Å²) >= 11 is 0. The first-order valence-corrected chi connectivity index (χ1v) is 5.21. The Hall–Kier alpha value is -2.05. The summed E-state index contributed by atoms with van der Waals surface area (Å²) in [5, 5.41) is 17.6. The van der Waals surface area contributed by atoms with Crippen molar-refractivity contribution in [3.63, 3.8) is 0 Å². The summed E-state index contributed by atoms with van der Waals surface area (Å²) in [7, 11) is 1.79. The van der Waals surface area contributed by atoms with Gasteiger partial charge in [0.25, 0.3) is 0 Å². The Balaban J connectivity index is 2.28. The third-order valence-corrected chi connectivity index (χ3v) is 2.07. The largest absolute Gasteiger partial charge is 0.481 e. The van der Waals surface area contributed by atoms with Gasteiger partial charge in [-0.25, -0.2) is 4.79 Å². The van der Waals surface area contributed by atoms with Crippen LogP contribution >= 0.6 is 0 Å². The van der Waals surface area contributed by atoms with Crippen molar-refractivity contribution in [2.24, 2.45) is 7.05 Å². The van der Waals surface area contributed by atoms with E-state index in [-0.39, 0.29) is 12.5 Å². The second-order valence-electron chi connectivity index (χ2n) is 3.85. The van der Waals surface area contributed by atoms with Crippen LogP contribution in [0.25, 0.3) is 0 Å². The molecule has 7 heteroatoms. The first-order chi connectivity index (χ1) is 7.97. The van der Waals surface area contributed by atoms with Crippen molar-refractivity contribution in [3.8, 4) is 0 Å². The number of nitrogens with zero attached hydrogens (tertiary/aromatic N) is 2. The van der Waals surface area contributed by atoms with E-state index in [1.807, 2.05) is 0 Å². The molecule has 94 valence electrons. The van der Waals surface area contributed by atoms with Gasteiger partial charge in [-0.05, 0) is 6.92 Å². The van der Waals surface area contributed by atoms with Crippen LogP contribution in [0.15, 0.2) is 12.4 Å². The number of carbonyl (C=O) groups excluding carboxylic acids is 1. The number of amides is 2. The summed E-state index contributed by atoms with van der Waals surface area (Å²) in [6.45, 7) is 2.00. The number of hydrogen-bond donors (Lipinski definition) is 3. The summed E-state index contributed by atoms with van der Waals surface area (Å²) in [6.07, 6.45) is 3.35. The lowest BCUT2D eigenvalue weighted by Gasteiger charge is -2.11. The minimum absolute atomic E-state index is 0.0969. The average molecular weight is 240 g/mol. The van der Waals surface area contributed by atoms with Gasteiger partial charge in [0.1, 0.15) is 0 Å². The number of nitrogens with one attached hydrogen (secondary N) is 2. The van der Waals surface area contributed by atoms with Crippen LogP contribution < -0.4 is 10.6 Å². The van der Waals surface area contributed by atoms with Crippen LogP contribution in [-0.4, -0.2) is 32.9 Å². The summed E-state index contributed by atoms with van der Waals surface area (Å²) in [5.74, 6) is -0.940. The standard InChI is InChI=1S/C10H16N4O3/c1-7(3-9(15)16)13-10(17)11-4-8-5-12-14(2)6-8/h5-7H,3-4H2,1-2H3,(H,15,16)(H2,11,13,17). The third-order valence-electron chi connectivity index (χ3n) is 2.07. The normalized spacial score (nSPS) is 11.9. The van der Waals surface area contributed by atoms with Crippen molar-refractivity contribution in [1.82, 2.24) is 20.4 Å². The molecule has 1 aromatic rings. The van der Waals surface area contributed by atoms with E-state index in [0.29, 0.717) is 6.54 Å². The van der Waals surface area contributed by atoms with E-state index in [0.717, 1.165) is 5.56 Å². The van der Waals surface area contributed by atoms with Crippen molar-refractivity contribution in [2.45, 2.75) is 25.9 Å². The fourth-order valence-corrected chi connectivity index (χ4v) is 1.33. The van der Waals surface area contributed by atoms with E-state index in [1.165, 1.54) is 0 Å². The summed E-state index contributed by atoms with van der Waals surface area (Å²) in [5.41, 5.74) is 0.883. The first-order valence-electron chi connectivity index (χ1n) is 5.21. The second-order valence-corrected chi connectivity index (χ2v) is 3.85. The minimum atomic E-state index is -0.940. The Morgan fingerprint density at radius 3 is 2.82 bits per heavy atom. The fourth-order valence-electron chi connectivity index (χ4n) is 1.33. The number of carboxylic acid groups (broad SMARTS) is 1. The number of urea groups is 1. The molecular weight excluding hydrogens is 224 g/mol. The van der Waals surface area contributed by atoms with Gasteiger partial charge >= 0.3 is 12.0 Å². The smallest absolute Gasteiger partial charge is 0.315 e. The van der Waals surface area contributed by atoms with Crippen LogP contribution in [0, 0.1) is 0 Å². The number of hydrogen-bond acceptors (Lipinski definition) is 3. The quantitative estimate of drug-likeness (QED) is 0.679. The Kier molecular flexibility index (Phi) is 4.50. The zero-order chi connectivity index (χ0) is 12.8. The van der Waals surface area contributed by atoms with E-state index >= 15 is 0 Å². The predicted octanol–water partition coefficient (Wildman–Crippen LogP) is 0.0825. The minimum Gasteiger partial charge on any atom is -0.481 e. The molecule has 0 spiro atoms. The highest BCUT2D eigenvalue weighted by Gasteiger charge is 2.10. The molecule has 1 rings (SSSR count). The molecule has 17 heavy (non-hydrogen) atoms. The molecular formula is C10H16N4O3. The molecule has 0 radical (unpaired) electrons. The maximum atomic E-state index is 11.4. The molecule has 0 aliphatic rings. The van der Waals surface area contributed by atoms with Crippen molar-refractivity contribution in [2.75, 3.05) is 0 Å². The highest BCUT2D eigenvalue weighted by Crippen LogP contribution is 1.95. The van der Waals surface area contributed by atoms with Gasteiger partial charge in [0, 0.05) is 31.4 Å². The molecule has 0 bridgehead atoms. The van der Waals surface area contributed by atoms with Gasteiger partial charge in [-0.3, -0.25) is 9.48 Å². The summed E-state index contributed by atoms with van der Waals surface area (Å²) in [6, 6.07) is -0.788. The number of aryl methyl sites for hydroxylation is 1. The lowest BCUT2D eigenvalue weighted by atomic mass is 10.2. The fraction of sp³-hybridized carbons (Fsp3) is 0.500. The van der Waals surface area contributed by atoms with E-state index in [2.05, 4.69) is 15.7 Å². The Morgan fingerprint density at radius 2 is 2.29 bits per heavy atom. The summed E-state index contributed by atoms with van der Waals surface area (Å²) < 4.78 is 1.64. The van der Waals surface area contributed by atoms with Crippen LogP contribution in [0.4, 0.5) is 4.79 Å². The van der Waals surface area contributed by atoms with Crippen molar-refractivity contribution in [3.05, 3.63) is 18.0 Å². The highest BCUT2D eigenvalue weighted by atomic mass is 16.4. The number of aliphatic carboxylic acids is 1. The van der Waals surface area contributed by atoms with Crippen LogP contribution in [0.3, 0.4) is 0 Å². The van der Waals surface area contributed by atoms with Crippen molar-refractivity contribution in [1.29, 1.82) is 0 Å². The molecule has 0 saturated carbocycles. The van der Waals surface area contributed by atoms with Crippen LogP contribution in [0.2, 0.25) is 0 Å². The topological polar surface area (TPSA) is 96.2 Å². The molecule has 7 nitrogen and oxygen atoms in total. The van der Waals surface area contributed by atoms with Crippen LogP contribution in [0.5, 0.6) is 0 Å². The van der Waals surface area contributed by atoms with E-state index in [9.17, 15) is 9.59 Å². The van der Waals surface area contributed by atoms with Gasteiger partial charge in [0.05, 0.1) is 12.6 Å². The van der Waals surface area contributed by atoms with E-state index in [4.69, 9.17) is 5.11 Å². The summed E-state index contributed by atoms with van der Waals surface area (Å²) in [4.78, 5) is 21.8. The molecule has 1 atom stereocenters. The van der Waals surface area contributed by atoms with Crippen molar-refractivity contribution >= 4 is 12.0 Å². The van der Waals surface area contributed by atoms with Crippen LogP contribution in [-0.2, 0) is 18.4 Å². The Morgan fingerprint density at radius 1 is 1.59 bits per heavy atom. The SMILES string of the molecule is CC(CC(=O)O)NC(=O)NCc1cnn(C)c1. The first kappa shape index (κ1) is 13.0. The average Bonchev–Trinajstić information content (AvgIpc) is 2.59. The lowest BCUT2D eigenvalue weighted by molar-refractivity contribution is -0.137.